The Morgan fingerprint density at radius 3 is 2.56 bits per heavy atom. The third-order valence-corrected chi connectivity index (χ3v) is 5.45. The molecule has 0 aromatic heterocycles. The van der Waals surface area contributed by atoms with Crippen LogP contribution < -0.4 is 4.74 Å². The molecule has 3 nitrogen and oxygen atoms in total. The highest BCUT2D eigenvalue weighted by atomic mass is 16.6. The molecular weight excluding hydrogens is 312 g/mol. The quantitative estimate of drug-likeness (QED) is 0.512. The second-order valence-electron chi connectivity index (χ2n) is 7.69. The molecular formula is C22H28O3. The minimum absolute atomic E-state index is 0.0398. The first-order valence-corrected chi connectivity index (χ1v) is 9.30. The van der Waals surface area contributed by atoms with Gasteiger partial charge in [0.25, 0.3) is 0 Å². The molecule has 25 heavy (non-hydrogen) atoms. The van der Waals surface area contributed by atoms with Crippen LogP contribution in [0.2, 0.25) is 0 Å². The Bertz CT molecular complexity index is 737. The largest absolute Gasteiger partial charge is 0.490 e. The van der Waals surface area contributed by atoms with Gasteiger partial charge in [-0.3, -0.25) is 4.79 Å². The lowest BCUT2D eigenvalue weighted by atomic mass is 9.57. The predicted octanol–water partition coefficient (Wildman–Crippen LogP) is 5.22. The molecule has 2 aromatic carbocycles. The summed E-state index contributed by atoms with van der Waals surface area (Å²) in [6.45, 7) is 7.19. The van der Waals surface area contributed by atoms with E-state index in [2.05, 4.69) is 32.9 Å². The Balaban J connectivity index is 1.51. The number of rotatable bonds is 7. The van der Waals surface area contributed by atoms with E-state index in [1.807, 2.05) is 30.3 Å². The van der Waals surface area contributed by atoms with Gasteiger partial charge in [0.2, 0.25) is 0 Å². The summed E-state index contributed by atoms with van der Waals surface area (Å²) in [5, 5.41) is 2.34. The van der Waals surface area contributed by atoms with E-state index in [9.17, 15) is 4.79 Å². The molecule has 0 N–H and O–H groups in total. The number of hydrogen-bond acceptors (Lipinski definition) is 3. The molecule has 0 saturated heterocycles. The summed E-state index contributed by atoms with van der Waals surface area (Å²) in [6.07, 6.45) is 2.99. The van der Waals surface area contributed by atoms with Crippen LogP contribution in [0.25, 0.3) is 10.8 Å². The summed E-state index contributed by atoms with van der Waals surface area (Å²) < 4.78 is 11.3. The first-order valence-electron chi connectivity index (χ1n) is 9.30. The molecule has 0 amide bonds. The maximum Gasteiger partial charge on any atom is 0.312 e. The van der Waals surface area contributed by atoms with Gasteiger partial charge in [-0.1, -0.05) is 51.1 Å². The number of ether oxygens (including phenoxy) is 2. The molecule has 0 bridgehead atoms. The molecule has 1 aliphatic rings. The van der Waals surface area contributed by atoms with E-state index in [0.717, 1.165) is 30.4 Å². The summed E-state index contributed by atoms with van der Waals surface area (Å²) >= 11 is 0. The minimum Gasteiger partial charge on any atom is -0.490 e. The number of benzene rings is 2. The van der Waals surface area contributed by atoms with Crippen LogP contribution in [-0.4, -0.2) is 19.2 Å². The molecule has 1 fully saturated rings. The predicted molar refractivity (Wildman–Crippen MR) is 101 cm³/mol. The van der Waals surface area contributed by atoms with E-state index in [4.69, 9.17) is 9.47 Å². The van der Waals surface area contributed by atoms with Crippen molar-refractivity contribution in [3.63, 3.8) is 0 Å². The van der Waals surface area contributed by atoms with Crippen molar-refractivity contribution in [1.29, 1.82) is 0 Å². The number of carbonyl (C=O) groups excluding carboxylic acids is 1. The Morgan fingerprint density at radius 2 is 1.92 bits per heavy atom. The van der Waals surface area contributed by atoms with Gasteiger partial charge in [-0.25, -0.2) is 0 Å². The van der Waals surface area contributed by atoms with Gasteiger partial charge in [-0.05, 0) is 54.0 Å². The van der Waals surface area contributed by atoms with Crippen LogP contribution in [0.5, 0.6) is 5.75 Å². The number of hydrogen-bond donors (Lipinski definition) is 0. The average molecular weight is 340 g/mol. The van der Waals surface area contributed by atoms with Crippen molar-refractivity contribution in [3.8, 4) is 5.75 Å². The third-order valence-electron chi connectivity index (χ3n) is 5.45. The Kier molecular flexibility index (Phi) is 5.31. The van der Waals surface area contributed by atoms with E-state index in [0.29, 0.717) is 25.0 Å². The van der Waals surface area contributed by atoms with Gasteiger partial charge in [0, 0.05) is 0 Å². The first kappa shape index (κ1) is 17.8. The fraction of sp³-hybridized carbons (Fsp3) is 0.500. The SMILES string of the molecule is CC(C)CC1(C(=O)OCCOc2ccc3ccccc3c2)CCC1C. The van der Waals surface area contributed by atoms with Gasteiger partial charge in [-0.2, -0.15) is 0 Å². The lowest BCUT2D eigenvalue weighted by Gasteiger charge is -2.46. The molecule has 134 valence electrons. The average Bonchev–Trinajstić information content (AvgIpc) is 2.61. The number of esters is 1. The molecule has 0 heterocycles. The highest BCUT2D eigenvalue weighted by Crippen LogP contribution is 2.51. The lowest BCUT2D eigenvalue weighted by molar-refractivity contribution is -0.170. The number of fused-ring (bicyclic) bond motifs is 1. The van der Waals surface area contributed by atoms with Gasteiger partial charge in [-0.15, -0.1) is 0 Å². The van der Waals surface area contributed by atoms with Gasteiger partial charge in [0.15, 0.2) is 0 Å². The van der Waals surface area contributed by atoms with Crippen molar-refractivity contribution in [1.82, 2.24) is 0 Å². The Labute approximate surface area is 150 Å². The van der Waals surface area contributed by atoms with Crippen molar-refractivity contribution < 1.29 is 14.3 Å². The lowest BCUT2D eigenvalue weighted by Crippen LogP contribution is -2.47. The zero-order valence-corrected chi connectivity index (χ0v) is 15.5. The Morgan fingerprint density at radius 1 is 1.16 bits per heavy atom. The van der Waals surface area contributed by atoms with Crippen molar-refractivity contribution in [3.05, 3.63) is 42.5 Å². The van der Waals surface area contributed by atoms with Crippen LogP contribution in [0.3, 0.4) is 0 Å². The minimum atomic E-state index is -0.267. The van der Waals surface area contributed by atoms with Crippen molar-refractivity contribution >= 4 is 16.7 Å². The second-order valence-corrected chi connectivity index (χ2v) is 7.69. The standard InChI is InChI=1S/C22H28O3/c1-16(2)15-22(11-10-17(22)3)21(23)25-13-12-24-20-9-8-18-6-4-5-7-19(18)14-20/h4-9,14,16-17H,10-13,15H2,1-3H3. The van der Waals surface area contributed by atoms with Crippen LogP contribution in [0.15, 0.2) is 42.5 Å². The van der Waals surface area contributed by atoms with E-state index in [1.165, 1.54) is 5.39 Å². The van der Waals surface area contributed by atoms with Crippen molar-refractivity contribution in [2.75, 3.05) is 13.2 Å². The highest BCUT2D eigenvalue weighted by Gasteiger charge is 2.51. The molecule has 3 heteroatoms. The highest BCUT2D eigenvalue weighted by molar-refractivity contribution is 5.83. The van der Waals surface area contributed by atoms with Gasteiger partial charge in [0.1, 0.15) is 19.0 Å². The van der Waals surface area contributed by atoms with Crippen molar-refractivity contribution in [2.45, 2.75) is 40.0 Å². The Hall–Kier alpha value is -2.03. The maximum absolute atomic E-state index is 12.6. The van der Waals surface area contributed by atoms with Crippen molar-refractivity contribution in [2.24, 2.45) is 17.3 Å². The molecule has 3 rings (SSSR count). The molecule has 0 spiro atoms. The summed E-state index contributed by atoms with van der Waals surface area (Å²) in [5.41, 5.74) is -0.267. The van der Waals surface area contributed by atoms with E-state index in [1.54, 1.807) is 0 Å². The third kappa shape index (κ3) is 3.81. The van der Waals surface area contributed by atoms with Gasteiger partial charge >= 0.3 is 5.97 Å². The monoisotopic (exact) mass is 340 g/mol. The molecule has 0 radical (unpaired) electrons. The number of carbonyl (C=O) groups is 1. The normalized spacial score (nSPS) is 22.6. The van der Waals surface area contributed by atoms with Crippen LogP contribution in [0.4, 0.5) is 0 Å². The zero-order chi connectivity index (χ0) is 17.9. The molecule has 2 aromatic rings. The zero-order valence-electron chi connectivity index (χ0n) is 15.5. The summed E-state index contributed by atoms with van der Waals surface area (Å²) in [5.74, 6) is 1.69. The van der Waals surface area contributed by atoms with Crippen LogP contribution in [0.1, 0.15) is 40.0 Å². The van der Waals surface area contributed by atoms with Crippen LogP contribution in [0, 0.1) is 17.3 Å². The molecule has 2 atom stereocenters. The van der Waals surface area contributed by atoms with E-state index < -0.39 is 0 Å². The summed E-state index contributed by atoms with van der Waals surface area (Å²) in [4.78, 5) is 12.6. The molecule has 2 unspecified atom stereocenters. The summed E-state index contributed by atoms with van der Waals surface area (Å²) in [7, 11) is 0. The molecule has 1 aliphatic carbocycles. The smallest absolute Gasteiger partial charge is 0.312 e. The fourth-order valence-corrected chi connectivity index (χ4v) is 3.89. The molecule has 0 aliphatic heterocycles. The van der Waals surface area contributed by atoms with E-state index in [-0.39, 0.29) is 11.4 Å². The maximum atomic E-state index is 12.6. The molecule has 1 saturated carbocycles. The first-order chi connectivity index (χ1) is 12.0. The fourth-order valence-electron chi connectivity index (χ4n) is 3.89. The summed E-state index contributed by atoms with van der Waals surface area (Å²) in [6, 6.07) is 14.2. The van der Waals surface area contributed by atoms with Crippen LogP contribution in [-0.2, 0) is 9.53 Å². The van der Waals surface area contributed by atoms with Gasteiger partial charge in [0.05, 0.1) is 5.41 Å². The van der Waals surface area contributed by atoms with E-state index >= 15 is 0 Å². The van der Waals surface area contributed by atoms with Crippen LogP contribution >= 0.6 is 0 Å². The topological polar surface area (TPSA) is 35.5 Å². The van der Waals surface area contributed by atoms with Gasteiger partial charge < -0.3 is 9.47 Å². The second kappa shape index (κ2) is 7.47.